The fraction of sp³-hybridized carbons (Fsp3) is 0.429. The van der Waals surface area contributed by atoms with Gasteiger partial charge >= 0.3 is 0 Å². The highest BCUT2D eigenvalue weighted by Crippen LogP contribution is 2.32. The Kier molecular flexibility index (Phi) is 3.57. The number of amides is 2. The van der Waals surface area contributed by atoms with Gasteiger partial charge in [0.1, 0.15) is 11.5 Å². The van der Waals surface area contributed by atoms with Crippen molar-refractivity contribution in [2.75, 3.05) is 20.2 Å². The first-order chi connectivity index (χ1) is 9.37. The lowest BCUT2D eigenvalue weighted by atomic mass is 9.89. The Morgan fingerprint density at radius 1 is 1.45 bits per heavy atom. The Hall–Kier alpha value is -2.24. The molecule has 1 atom stereocenters. The Bertz CT molecular complexity index is 558. The third kappa shape index (κ3) is 2.41. The second-order valence-corrected chi connectivity index (χ2v) is 5.28. The summed E-state index contributed by atoms with van der Waals surface area (Å²) in [6.45, 7) is 2.47. The molecule has 1 saturated heterocycles. The van der Waals surface area contributed by atoms with Gasteiger partial charge in [0, 0.05) is 19.2 Å². The molecule has 0 bridgehead atoms. The van der Waals surface area contributed by atoms with E-state index in [1.807, 2.05) is 0 Å². The summed E-state index contributed by atoms with van der Waals surface area (Å²) in [5, 5.41) is 9.87. The van der Waals surface area contributed by atoms with Gasteiger partial charge in [-0.05, 0) is 25.5 Å². The summed E-state index contributed by atoms with van der Waals surface area (Å²) in [7, 11) is 1.48. The van der Waals surface area contributed by atoms with Gasteiger partial charge in [0.15, 0.2) is 0 Å². The lowest BCUT2D eigenvalue weighted by Gasteiger charge is -2.21. The SMILES string of the molecule is COc1ccc(C(=O)N2CCC(C)(C(N)=O)C2)c(O)c1. The van der Waals surface area contributed by atoms with Gasteiger partial charge in [-0.3, -0.25) is 9.59 Å². The average Bonchev–Trinajstić information content (AvgIpc) is 2.82. The van der Waals surface area contributed by atoms with Crippen molar-refractivity contribution >= 4 is 11.8 Å². The van der Waals surface area contributed by atoms with E-state index in [1.54, 1.807) is 13.0 Å². The summed E-state index contributed by atoms with van der Waals surface area (Å²) in [4.78, 5) is 25.3. The smallest absolute Gasteiger partial charge is 0.257 e. The lowest BCUT2D eigenvalue weighted by molar-refractivity contribution is -0.126. The number of aromatic hydroxyl groups is 1. The van der Waals surface area contributed by atoms with Crippen LogP contribution >= 0.6 is 0 Å². The molecule has 0 radical (unpaired) electrons. The molecule has 0 aromatic heterocycles. The van der Waals surface area contributed by atoms with Crippen molar-refractivity contribution in [3.05, 3.63) is 23.8 Å². The van der Waals surface area contributed by atoms with Crippen LogP contribution in [0.5, 0.6) is 11.5 Å². The highest BCUT2D eigenvalue weighted by Gasteiger charge is 2.41. The van der Waals surface area contributed by atoms with Crippen molar-refractivity contribution in [2.24, 2.45) is 11.1 Å². The number of carbonyl (C=O) groups is 2. The molecule has 1 aromatic rings. The number of nitrogens with two attached hydrogens (primary N) is 1. The van der Waals surface area contributed by atoms with Gasteiger partial charge in [-0.15, -0.1) is 0 Å². The molecule has 6 heteroatoms. The summed E-state index contributed by atoms with van der Waals surface area (Å²) < 4.78 is 4.97. The van der Waals surface area contributed by atoms with Crippen LogP contribution in [0.4, 0.5) is 0 Å². The first kappa shape index (κ1) is 14.2. The molecule has 6 nitrogen and oxygen atoms in total. The van der Waals surface area contributed by atoms with Gasteiger partial charge in [-0.1, -0.05) is 0 Å². The monoisotopic (exact) mass is 278 g/mol. The molecular weight excluding hydrogens is 260 g/mol. The van der Waals surface area contributed by atoms with E-state index in [0.29, 0.717) is 18.7 Å². The second-order valence-electron chi connectivity index (χ2n) is 5.28. The Morgan fingerprint density at radius 3 is 2.65 bits per heavy atom. The fourth-order valence-corrected chi connectivity index (χ4v) is 2.33. The molecule has 1 fully saturated rings. The zero-order valence-corrected chi connectivity index (χ0v) is 11.5. The lowest BCUT2D eigenvalue weighted by Crippen LogP contribution is -2.38. The molecule has 20 heavy (non-hydrogen) atoms. The first-order valence-corrected chi connectivity index (χ1v) is 6.33. The van der Waals surface area contributed by atoms with Crippen LogP contribution in [-0.2, 0) is 4.79 Å². The molecule has 1 heterocycles. The third-order valence-electron chi connectivity index (χ3n) is 3.79. The van der Waals surface area contributed by atoms with Crippen LogP contribution < -0.4 is 10.5 Å². The molecule has 0 saturated carbocycles. The first-order valence-electron chi connectivity index (χ1n) is 6.33. The van der Waals surface area contributed by atoms with Gasteiger partial charge in [0.25, 0.3) is 5.91 Å². The molecule has 2 amide bonds. The third-order valence-corrected chi connectivity index (χ3v) is 3.79. The predicted octanol–water partition coefficient (Wildman–Crippen LogP) is 0.738. The van der Waals surface area contributed by atoms with E-state index in [1.165, 1.54) is 24.1 Å². The minimum Gasteiger partial charge on any atom is -0.507 e. The van der Waals surface area contributed by atoms with Crippen LogP contribution in [0.25, 0.3) is 0 Å². The summed E-state index contributed by atoms with van der Waals surface area (Å²) in [6, 6.07) is 4.50. The van der Waals surface area contributed by atoms with E-state index in [-0.39, 0.29) is 23.8 Å². The molecule has 1 aromatic carbocycles. The molecule has 1 aliphatic rings. The number of likely N-dealkylation sites (tertiary alicyclic amines) is 1. The average molecular weight is 278 g/mol. The van der Waals surface area contributed by atoms with E-state index < -0.39 is 11.3 Å². The number of hydrogen-bond acceptors (Lipinski definition) is 4. The maximum atomic E-state index is 12.4. The Labute approximate surface area is 117 Å². The molecular formula is C14H18N2O4. The standard InChI is InChI=1S/C14H18N2O4/c1-14(13(15)19)5-6-16(8-14)12(18)10-4-3-9(20-2)7-11(10)17/h3-4,7,17H,5-6,8H2,1-2H3,(H2,15,19). The Morgan fingerprint density at radius 2 is 2.15 bits per heavy atom. The minimum atomic E-state index is -0.697. The number of ether oxygens (including phenoxy) is 1. The number of phenolic OH excluding ortho intramolecular Hbond substituents is 1. The number of benzene rings is 1. The number of primary amides is 1. The normalized spacial score (nSPS) is 21.8. The second kappa shape index (κ2) is 5.03. The van der Waals surface area contributed by atoms with Crippen molar-refractivity contribution in [3.63, 3.8) is 0 Å². The van der Waals surface area contributed by atoms with E-state index in [2.05, 4.69) is 0 Å². The molecule has 1 aliphatic heterocycles. The van der Waals surface area contributed by atoms with Crippen molar-refractivity contribution in [3.8, 4) is 11.5 Å². The number of carbonyl (C=O) groups excluding carboxylic acids is 2. The predicted molar refractivity (Wildman–Crippen MR) is 72.5 cm³/mol. The molecule has 108 valence electrons. The zero-order valence-electron chi connectivity index (χ0n) is 11.5. The van der Waals surface area contributed by atoms with Crippen LogP contribution in [0.2, 0.25) is 0 Å². The number of rotatable bonds is 3. The van der Waals surface area contributed by atoms with E-state index in [4.69, 9.17) is 10.5 Å². The van der Waals surface area contributed by atoms with E-state index >= 15 is 0 Å². The highest BCUT2D eigenvalue weighted by atomic mass is 16.5. The van der Waals surface area contributed by atoms with Crippen molar-refractivity contribution in [1.82, 2.24) is 4.90 Å². The summed E-state index contributed by atoms with van der Waals surface area (Å²) in [5.74, 6) is -0.383. The number of hydrogen-bond donors (Lipinski definition) is 2. The van der Waals surface area contributed by atoms with Crippen LogP contribution in [0, 0.1) is 5.41 Å². The minimum absolute atomic E-state index is 0.137. The molecule has 1 unspecified atom stereocenters. The van der Waals surface area contributed by atoms with Crippen LogP contribution in [-0.4, -0.2) is 42.0 Å². The van der Waals surface area contributed by atoms with Crippen LogP contribution in [0.1, 0.15) is 23.7 Å². The number of methoxy groups -OCH3 is 1. The summed E-state index contributed by atoms with van der Waals surface area (Å²) in [5.41, 5.74) is 4.86. The fourth-order valence-electron chi connectivity index (χ4n) is 2.33. The van der Waals surface area contributed by atoms with Crippen molar-refractivity contribution < 1.29 is 19.4 Å². The van der Waals surface area contributed by atoms with E-state index in [0.717, 1.165) is 0 Å². The maximum absolute atomic E-state index is 12.4. The van der Waals surface area contributed by atoms with Gasteiger partial charge in [0.2, 0.25) is 5.91 Å². The molecule has 3 N–H and O–H groups in total. The van der Waals surface area contributed by atoms with Gasteiger partial charge in [0.05, 0.1) is 18.1 Å². The van der Waals surface area contributed by atoms with Crippen molar-refractivity contribution in [1.29, 1.82) is 0 Å². The maximum Gasteiger partial charge on any atom is 0.257 e. The largest absolute Gasteiger partial charge is 0.507 e. The van der Waals surface area contributed by atoms with E-state index in [9.17, 15) is 14.7 Å². The van der Waals surface area contributed by atoms with Gasteiger partial charge in [-0.25, -0.2) is 0 Å². The highest BCUT2D eigenvalue weighted by molar-refractivity contribution is 5.97. The van der Waals surface area contributed by atoms with Crippen LogP contribution in [0.3, 0.4) is 0 Å². The molecule has 2 rings (SSSR count). The summed E-state index contributed by atoms with van der Waals surface area (Å²) >= 11 is 0. The number of nitrogens with zero attached hydrogens (tertiary/aromatic N) is 1. The topological polar surface area (TPSA) is 92.9 Å². The van der Waals surface area contributed by atoms with Gasteiger partial charge < -0.3 is 20.5 Å². The van der Waals surface area contributed by atoms with Crippen molar-refractivity contribution in [2.45, 2.75) is 13.3 Å². The number of phenols is 1. The zero-order chi connectivity index (χ0) is 14.9. The Balaban J connectivity index is 2.19. The molecule has 0 spiro atoms. The summed E-state index contributed by atoms with van der Waals surface area (Å²) in [6.07, 6.45) is 0.533. The van der Waals surface area contributed by atoms with Gasteiger partial charge in [-0.2, -0.15) is 0 Å². The van der Waals surface area contributed by atoms with Crippen LogP contribution in [0.15, 0.2) is 18.2 Å². The quantitative estimate of drug-likeness (QED) is 0.852. The molecule has 0 aliphatic carbocycles.